The molecule has 0 aliphatic carbocycles. The van der Waals surface area contributed by atoms with Gasteiger partial charge in [0.15, 0.2) is 5.96 Å². The van der Waals surface area contributed by atoms with E-state index >= 15 is 0 Å². The van der Waals surface area contributed by atoms with Gasteiger partial charge >= 0.3 is 0 Å². The van der Waals surface area contributed by atoms with Crippen LogP contribution in [0.2, 0.25) is 5.02 Å². The summed E-state index contributed by atoms with van der Waals surface area (Å²) in [6.07, 6.45) is 1.19. The van der Waals surface area contributed by atoms with E-state index in [0.717, 1.165) is 17.7 Å². The van der Waals surface area contributed by atoms with Gasteiger partial charge in [-0.2, -0.15) is 0 Å². The number of benzene rings is 2. The fraction of sp³-hybridized carbons (Fsp3) is 0.263. The molecule has 4 N–H and O–H groups in total. The third-order valence-electron chi connectivity index (χ3n) is 3.77. The first-order valence-electron chi connectivity index (χ1n) is 8.20. The molecule has 5 nitrogen and oxygen atoms in total. The number of guanidine groups is 1. The van der Waals surface area contributed by atoms with E-state index in [1.807, 2.05) is 31.2 Å². The zero-order valence-corrected chi connectivity index (χ0v) is 15.2. The van der Waals surface area contributed by atoms with Gasteiger partial charge in [0, 0.05) is 22.8 Å². The number of aliphatic imine (C=N–C) groups is 1. The summed E-state index contributed by atoms with van der Waals surface area (Å²) in [7, 11) is 0. The second-order valence-corrected chi connectivity index (χ2v) is 6.06. The first kappa shape index (κ1) is 18.8. The van der Waals surface area contributed by atoms with E-state index in [4.69, 9.17) is 17.3 Å². The van der Waals surface area contributed by atoms with Crippen LogP contribution < -0.4 is 16.4 Å². The Kier molecular flexibility index (Phi) is 6.83. The maximum atomic E-state index is 12.0. The van der Waals surface area contributed by atoms with Crippen molar-refractivity contribution >= 4 is 34.8 Å². The number of aryl methyl sites for hydroxylation is 1. The van der Waals surface area contributed by atoms with Crippen LogP contribution in [-0.2, 0) is 11.2 Å². The van der Waals surface area contributed by atoms with Crippen molar-refractivity contribution in [3.63, 3.8) is 0 Å². The van der Waals surface area contributed by atoms with Crippen LogP contribution in [0.1, 0.15) is 24.5 Å². The van der Waals surface area contributed by atoms with E-state index in [9.17, 15) is 4.79 Å². The van der Waals surface area contributed by atoms with E-state index < -0.39 is 0 Å². The molecule has 1 amide bonds. The number of carbonyl (C=O) groups excluding carboxylic acids is 1. The third-order valence-corrected chi connectivity index (χ3v) is 4.18. The molecule has 0 aliphatic rings. The summed E-state index contributed by atoms with van der Waals surface area (Å²) in [4.78, 5) is 16.2. The average Bonchev–Trinajstić information content (AvgIpc) is 2.59. The molecule has 2 aromatic carbocycles. The van der Waals surface area contributed by atoms with Crippen molar-refractivity contribution in [3.8, 4) is 0 Å². The second-order valence-electron chi connectivity index (χ2n) is 5.66. The number of nitrogens with one attached hydrogen (secondary N) is 2. The molecule has 2 rings (SSSR count). The highest BCUT2D eigenvalue weighted by molar-refractivity contribution is 6.31. The number of rotatable bonds is 6. The molecule has 0 saturated carbocycles. The van der Waals surface area contributed by atoms with Crippen molar-refractivity contribution in [2.45, 2.75) is 26.7 Å². The number of hydrogen-bond donors (Lipinski definition) is 3. The van der Waals surface area contributed by atoms with E-state index in [1.165, 1.54) is 5.56 Å². The van der Waals surface area contributed by atoms with Crippen molar-refractivity contribution in [1.82, 2.24) is 0 Å². The normalized spacial score (nSPS) is 11.2. The van der Waals surface area contributed by atoms with Gasteiger partial charge in [-0.25, -0.2) is 0 Å². The maximum absolute atomic E-state index is 12.0. The van der Waals surface area contributed by atoms with Gasteiger partial charge in [0.25, 0.3) is 0 Å². The van der Waals surface area contributed by atoms with Crippen LogP contribution in [0.4, 0.5) is 11.4 Å². The lowest BCUT2D eigenvalue weighted by Crippen LogP contribution is -2.23. The summed E-state index contributed by atoms with van der Waals surface area (Å²) in [5, 5.41) is 6.49. The SMILES string of the molecule is CCc1cccc(NC(N)=NCCC(=O)Nc2cccc(Cl)c2C)c1. The molecule has 0 saturated heterocycles. The number of halogens is 1. The smallest absolute Gasteiger partial charge is 0.226 e. The summed E-state index contributed by atoms with van der Waals surface area (Å²) >= 11 is 6.04. The van der Waals surface area contributed by atoms with Gasteiger partial charge in [0.1, 0.15) is 0 Å². The standard InChI is InChI=1S/C19H23ClN4O/c1-3-14-6-4-7-15(12-14)23-19(21)22-11-10-18(25)24-17-9-5-8-16(20)13(17)2/h4-9,12H,3,10-11H2,1-2H3,(H,24,25)(H3,21,22,23). The van der Waals surface area contributed by atoms with Crippen LogP contribution in [0.25, 0.3) is 0 Å². The van der Waals surface area contributed by atoms with E-state index in [1.54, 1.807) is 12.1 Å². The van der Waals surface area contributed by atoms with Crippen molar-refractivity contribution in [3.05, 3.63) is 58.6 Å². The van der Waals surface area contributed by atoms with Crippen LogP contribution in [0.3, 0.4) is 0 Å². The molecule has 0 heterocycles. The number of hydrogen-bond acceptors (Lipinski definition) is 2. The van der Waals surface area contributed by atoms with Crippen LogP contribution in [0, 0.1) is 6.92 Å². The Morgan fingerprint density at radius 1 is 1.20 bits per heavy atom. The monoisotopic (exact) mass is 358 g/mol. The number of anilines is 2. The van der Waals surface area contributed by atoms with E-state index in [-0.39, 0.29) is 12.3 Å². The maximum Gasteiger partial charge on any atom is 0.226 e. The zero-order chi connectivity index (χ0) is 18.2. The van der Waals surface area contributed by atoms with Crippen molar-refractivity contribution < 1.29 is 4.79 Å². The van der Waals surface area contributed by atoms with Crippen molar-refractivity contribution in [2.75, 3.05) is 17.2 Å². The van der Waals surface area contributed by atoms with Gasteiger partial charge < -0.3 is 16.4 Å². The van der Waals surface area contributed by atoms with Gasteiger partial charge in [-0.1, -0.05) is 36.7 Å². The molecule has 0 unspecified atom stereocenters. The lowest BCUT2D eigenvalue weighted by molar-refractivity contribution is -0.116. The molecule has 0 aliphatic heterocycles. The molecule has 0 spiro atoms. The summed E-state index contributed by atoms with van der Waals surface area (Å²) in [6.45, 7) is 4.26. The van der Waals surface area contributed by atoms with Gasteiger partial charge in [0.05, 0.1) is 6.54 Å². The second kappa shape index (κ2) is 9.08. The Balaban J connectivity index is 1.84. The fourth-order valence-corrected chi connectivity index (χ4v) is 2.46. The predicted octanol–water partition coefficient (Wildman–Crippen LogP) is 3.97. The van der Waals surface area contributed by atoms with Crippen molar-refractivity contribution in [1.29, 1.82) is 0 Å². The zero-order valence-electron chi connectivity index (χ0n) is 14.5. The summed E-state index contributed by atoms with van der Waals surface area (Å²) in [6, 6.07) is 13.4. The average molecular weight is 359 g/mol. The summed E-state index contributed by atoms with van der Waals surface area (Å²) in [5.41, 5.74) is 9.53. The Bertz CT molecular complexity index is 774. The topological polar surface area (TPSA) is 79.5 Å². The van der Waals surface area contributed by atoms with Gasteiger partial charge in [-0.3, -0.25) is 9.79 Å². The molecule has 6 heteroatoms. The van der Waals surface area contributed by atoms with Crippen molar-refractivity contribution in [2.24, 2.45) is 10.7 Å². The molecule has 0 aromatic heterocycles. The minimum absolute atomic E-state index is 0.130. The summed E-state index contributed by atoms with van der Waals surface area (Å²) < 4.78 is 0. The van der Waals surface area contributed by atoms with Crippen LogP contribution in [0.5, 0.6) is 0 Å². The van der Waals surface area contributed by atoms with Crippen LogP contribution in [-0.4, -0.2) is 18.4 Å². The van der Waals surface area contributed by atoms with Crippen LogP contribution >= 0.6 is 11.6 Å². The number of nitrogens with two attached hydrogens (primary N) is 1. The number of nitrogens with zero attached hydrogens (tertiary/aromatic N) is 1. The largest absolute Gasteiger partial charge is 0.370 e. The highest BCUT2D eigenvalue weighted by atomic mass is 35.5. The third kappa shape index (κ3) is 5.80. The van der Waals surface area contributed by atoms with E-state index in [2.05, 4.69) is 28.6 Å². The first-order valence-corrected chi connectivity index (χ1v) is 8.58. The Morgan fingerprint density at radius 3 is 2.72 bits per heavy atom. The predicted molar refractivity (Wildman–Crippen MR) is 105 cm³/mol. The van der Waals surface area contributed by atoms with Gasteiger partial charge in [0.2, 0.25) is 5.91 Å². The van der Waals surface area contributed by atoms with Gasteiger partial charge in [-0.15, -0.1) is 0 Å². The minimum Gasteiger partial charge on any atom is -0.370 e. The summed E-state index contributed by atoms with van der Waals surface area (Å²) in [5.74, 6) is 0.162. The highest BCUT2D eigenvalue weighted by Crippen LogP contribution is 2.22. The molecule has 0 bridgehead atoms. The quantitative estimate of drug-likeness (QED) is 0.540. The fourth-order valence-electron chi connectivity index (χ4n) is 2.29. The van der Waals surface area contributed by atoms with E-state index in [0.29, 0.717) is 23.2 Å². The molecule has 0 atom stereocenters. The highest BCUT2D eigenvalue weighted by Gasteiger charge is 2.06. The first-order chi connectivity index (χ1) is 12.0. The molecule has 0 fully saturated rings. The number of carbonyl (C=O) groups is 1. The molecule has 2 aromatic rings. The number of amides is 1. The Morgan fingerprint density at radius 2 is 1.96 bits per heavy atom. The molecule has 0 radical (unpaired) electrons. The molecule has 25 heavy (non-hydrogen) atoms. The molecular weight excluding hydrogens is 336 g/mol. The Hall–Kier alpha value is -2.53. The minimum atomic E-state index is -0.130. The van der Waals surface area contributed by atoms with Crippen LogP contribution in [0.15, 0.2) is 47.5 Å². The Labute approximate surface area is 153 Å². The molecule has 132 valence electrons. The lowest BCUT2D eigenvalue weighted by Gasteiger charge is -2.09. The van der Waals surface area contributed by atoms with Gasteiger partial charge in [-0.05, 0) is 48.7 Å². The molecular formula is C19H23ClN4O. The lowest BCUT2D eigenvalue weighted by atomic mass is 10.1.